The molecule has 2 rings (SSSR count). The molecule has 0 amide bonds. The summed E-state index contributed by atoms with van der Waals surface area (Å²) in [6, 6.07) is 6.58. The Bertz CT molecular complexity index is 411. The van der Waals surface area contributed by atoms with Gasteiger partial charge in [0.1, 0.15) is 0 Å². The molecule has 0 radical (unpaired) electrons. The second-order valence-electron chi connectivity index (χ2n) is 5.25. The van der Waals surface area contributed by atoms with Gasteiger partial charge >= 0.3 is 0 Å². The van der Waals surface area contributed by atoms with Crippen molar-refractivity contribution >= 4 is 21.6 Å². The molecule has 3 nitrogen and oxygen atoms in total. The third kappa shape index (κ3) is 3.94. The Labute approximate surface area is 124 Å². The van der Waals surface area contributed by atoms with Gasteiger partial charge in [-0.05, 0) is 53.0 Å². The summed E-state index contributed by atoms with van der Waals surface area (Å²) in [5.41, 5.74) is 2.55. The molecule has 1 unspecified atom stereocenters. The van der Waals surface area contributed by atoms with E-state index in [9.17, 15) is 5.11 Å². The van der Waals surface area contributed by atoms with Crippen LogP contribution in [-0.4, -0.2) is 31.3 Å². The van der Waals surface area contributed by atoms with E-state index in [1.807, 2.05) is 0 Å². The second-order valence-corrected chi connectivity index (χ2v) is 6.10. The third-order valence-corrected chi connectivity index (χ3v) is 4.29. The van der Waals surface area contributed by atoms with Crippen LogP contribution >= 0.6 is 15.9 Å². The predicted octanol–water partition coefficient (Wildman–Crippen LogP) is 2.77. The smallest absolute Gasteiger partial charge is 0.0510 e. The van der Waals surface area contributed by atoms with E-state index in [1.54, 1.807) is 0 Å². The van der Waals surface area contributed by atoms with Crippen molar-refractivity contribution in [1.29, 1.82) is 0 Å². The lowest BCUT2D eigenvalue weighted by molar-refractivity contribution is 0.238. The van der Waals surface area contributed by atoms with E-state index in [1.165, 1.54) is 11.3 Å². The van der Waals surface area contributed by atoms with Gasteiger partial charge in [0.15, 0.2) is 0 Å². The first kappa shape index (κ1) is 14.8. The maximum Gasteiger partial charge on any atom is 0.0510 e. The summed E-state index contributed by atoms with van der Waals surface area (Å²) in [5, 5.41) is 12.6. The van der Waals surface area contributed by atoms with Crippen molar-refractivity contribution in [3.63, 3.8) is 0 Å². The lowest BCUT2D eigenvalue weighted by Crippen LogP contribution is -2.21. The highest BCUT2D eigenvalue weighted by Crippen LogP contribution is 2.31. The molecule has 1 atom stereocenters. The van der Waals surface area contributed by atoms with Crippen molar-refractivity contribution in [3.05, 3.63) is 28.2 Å². The highest BCUT2D eigenvalue weighted by Gasteiger charge is 2.23. The zero-order valence-electron chi connectivity index (χ0n) is 11.5. The van der Waals surface area contributed by atoms with Gasteiger partial charge in [-0.2, -0.15) is 0 Å². The van der Waals surface area contributed by atoms with E-state index in [0.29, 0.717) is 12.5 Å². The number of aliphatic hydroxyl groups excluding tert-OH is 1. The molecule has 19 heavy (non-hydrogen) atoms. The Morgan fingerprint density at radius 2 is 2.32 bits per heavy atom. The minimum atomic E-state index is 0.299. The molecule has 0 aromatic heterocycles. The summed E-state index contributed by atoms with van der Waals surface area (Å²) in [6.45, 7) is 6.46. The van der Waals surface area contributed by atoms with Crippen molar-refractivity contribution in [2.75, 3.05) is 31.1 Å². The van der Waals surface area contributed by atoms with Gasteiger partial charge in [0, 0.05) is 36.6 Å². The number of nitrogens with zero attached hydrogens (tertiary/aromatic N) is 1. The number of halogens is 1. The van der Waals surface area contributed by atoms with Crippen LogP contribution in [0.4, 0.5) is 5.69 Å². The Hall–Kier alpha value is -0.580. The highest BCUT2D eigenvalue weighted by molar-refractivity contribution is 9.10. The fourth-order valence-electron chi connectivity index (χ4n) is 2.53. The molecule has 0 aliphatic carbocycles. The molecule has 1 fully saturated rings. The van der Waals surface area contributed by atoms with E-state index in [2.05, 4.69) is 51.3 Å². The maximum atomic E-state index is 9.22. The van der Waals surface area contributed by atoms with Crippen LogP contribution in [0.5, 0.6) is 0 Å². The Balaban J connectivity index is 1.99. The Kier molecular flexibility index (Phi) is 5.67. The summed E-state index contributed by atoms with van der Waals surface area (Å²) in [5.74, 6) is 0.429. The molecule has 4 heteroatoms. The van der Waals surface area contributed by atoms with Crippen molar-refractivity contribution in [1.82, 2.24) is 5.32 Å². The number of benzene rings is 1. The first-order chi connectivity index (χ1) is 9.24. The minimum Gasteiger partial charge on any atom is -0.396 e. The predicted molar refractivity (Wildman–Crippen MR) is 83.5 cm³/mol. The van der Waals surface area contributed by atoms with E-state index in [4.69, 9.17) is 0 Å². The van der Waals surface area contributed by atoms with Crippen LogP contribution in [0.1, 0.15) is 25.3 Å². The van der Waals surface area contributed by atoms with Gasteiger partial charge < -0.3 is 15.3 Å². The van der Waals surface area contributed by atoms with Crippen molar-refractivity contribution in [2.24, 2.45) is 5.92 Å². The quantitative estimate of drug-likeness (QED) is 0.789. The number of aliphatic hydroxyl groups is 1. The van der Waals surface area contributed by atoms with E-state index < -0.39 is 0 Å². The molecule has 0 spiro atoms. The van der Waals surface area contributed by atoms with Crippen molar-refractivity contribution in [2.45, 2.75) is 26.3 Å². The summed E-state index contributed by atoms with van der Waals surface area (Å²) in [7, 11) is 0. The van der Waals surface area contributed by atoms with E-state index >= 15 is 0 Å². The van der Waals surface area contributed by atoms with E-state index in [0.717, 1.165) is 43.5 Å². The molecule has 1 aromatic carbocycles. The average Bonchev–Trinajstić information content (AvgIpc) is 2.88. The summed E-state index contributed by atoms with van der Waals surface area (Å²) in [6.07, 6.45) is 2.25. The van der Waals surface area contributed by atoms with Crippen LogP contribution in [0.3, 0.4) is 0 Å². The Morgan fingerprint density at radius 1 is 1.47 bits per heavy atom. The fourth-order valence-corrected chi connectivity index (χ4v) is 3.20. The van der Waals surface area contributed by atoms with Crippen LogP contribution in [0.15, 0.2) is 22.7 Å². The first-order valence-corrected chi connectivity index (χ1v) is 7.88. The SMILES string of the molecule is CCCNCc1ccc(N2CCC(CO)C2)c(Br)c1. The van der Waals surface area contributed by atoms with Crippen LogP contribution in [0.2, 0.25) is 0 Å². The lowest BCUT2D eigenvalue weighted by Gasteiger charge is -2.20. The highest BCUT2D eigenvalue weighted by atomic mass is 79.9. The van der Waals surface area contributed by atoms with Gasteiger partial charge in [-0.25, -0.2) is 0 Å². The van der Waals surface area contributed by atoms with Gasteiger partial charge in [0.25, 0.3) is 0 Å². The lowest BCUT2D eigenvalue weighted by atomic mass is 10.1. The Morgan fingerprint density at radius 3 is 2.95 bits per heavy atom. The van der Waals surface area contributed by atoms with Crippen molar-refractivity contribution < 1.29 is 5.11 Å². The molecule has 106 valence electrons. The molecule has 1 saturated heterocycles. The van der Waals surface area contributed by atoms with Crippen LogP contribution in [0.25, 0.3) is 0 Å². The van der Waals surface area contributed by atoms with Crippen LogP contribution in [0, 0.1) is 5.92 Å². The largest absolute Gasteiger partial charge is 0.396 e. The molecule has 0 bridgehead atoms. The van der Waals surface area contributed by atoms with Crippen LogP contribution < -0.4 is 10.2 Å². The minimum absolute atomic E-state index is 0.299. The fraction of sp³-hybridized carbons (Fsp3) is 0.600. The molecule has 2 N–H and O–H groups in total. The topological polar surface area (TPSA) is 35.5 Å². The summed E-state index contributed by atoms with van der Waals surface area (Å²) in [4.78, 5) is 2.36. The summed E-state index contributed by atoms with van der Waals surface area (Å²) < 4.78 is 1.15. The zero-order valence-corrected chi connectivity index (χ0v) is 13.1. The number of nitrogens with one attached hydrogen (secondary N) is 1. The molecule has 1 aliphatic rings. The molecular formula is C15H23BrN2O. The zero-order chi connectivity index (χ0) is 13.7. The van der Waals surface area contributed by atoms with E-state index in [-0.39, 0.29) is 0 Å². The molecular weight excluding hydrogens is 304 g/mol. The standard InChI is InChI=1S/C15H23BrN2O/c1-2-6-17-9-12-3-4-15(14(16)8-12)18-7-5-13(10-18)11-19/h3-4,8,13,17,19H,2,5-7,9-11H2,1H3. The first-order valence-electron chi connectivity index (χ1n) is 7.09. The maximum absolute atomic E-state index is 9.22. The van der Waals surface area contributed by atoms with Crippen LogP contribution in [-0.2, 0) is 6.54 Å². The molecule has 1 heterocycles. The normalized spacial score (nSPS) is 19.1. The third-order valence-electron chi connectivity index (χ3n) is 3.65. The molecule has 1 aromatic rings. The summed E-state index contributed by atoms with van der Waals surface area (Å²) >= 11 is 3.68. The molecule has 1 aliphatic heterocycles. The van der Waals surface area contributed by atoms with Gasteiger partial charge in [-0.1, -0.05) is 13.0 Å². The number of anilines is 1. The van der Waals surface area contributed by atoms with Gasteiger partial charge in [0.2, 0.25) is 0 Å². The second kappa shape index (κ2) is 7.27. The number of rotatable bonds is 6. The monoisotopic (exact) mass is 326 g/mol. The average molecular weight is 327 g/mol. The number of hydrogen-bond acceptors (Lipinski definition) is 3. The van der Waals surface area contributed by atoms with Gasteiger partial charge in [0.05, 0.1) is 5.69 Å². The van der Waals surface area contributed by atoms with Gasteiger partial charge in [-0.15, -0.1) is 0 Å². The van der Waals surface area contributed by atoms with Crippen molar-refractivity contribution in [3.8, 4) is 0 Å². The molecule has 0 saturated carbocycles. The van der Waals surface area contributed by atoms with Gasteiger partial charge in [-0.3, -0.25) is 0 Å². The number of hydrogen-bond donors (Lipinski definition) is 2.